The molecule has 11 heteroatoms. The topological polar surface area (TPSA) is 129 Å². The zero-order chi connectivity index (χ0) is 27.1. The summed E-state index contributed by atoms with van der Waals surface area (Å²) in [7, 11) is 0. The van der Waals surface area contributed by atoms with Crippen molar-refractivity contribution in [3.8, 4) is 45.5 Å². The van der Waals surface area contributed by atoms with Gasteiger partial charge >= 0.3 is 0 Å². The van der Waals surface area contributed by atoms with E-state index < -0.39 is 5.82 Å². The van der Waals surface area contributed by atoms with Crippen molar-refractivity contribution in [3.05, 3.63) is 66.9 Å². The summed E-state index contributed by atoms with van der Waals surface area (Å²) in [6.07, 6.45) is 7.09. The van der Waals surface area contributed by atoms with Gasteiger partial charge in [-0.05, 0) is 62.3 Å². The zero-order valence-corrected chi connectivity index (χ0v) is 21.4. The maximum absolute atomic E-state index is 14.7. The first-order chi connectivity index (χ1) is 19.6. The fourth-order valence-electron chi connectivity index (χ4n) is 5.13. The lowest BCUT2D eigenvalue weighted by Gasteiger charge is -2.15. The lowest BCUT2D eigenvalue weighted by molar-refractivity contribution is 0.237. The van der Waals surface area contributed by atoms with Crippen molar-refractivity contribution < 1.29 is 14.2 Å². The molecule has 1 aliphatic rings. The number of H-pyrrole nitrogens is 2. The highest BCUT2D eigenvalue weighted by Crippen LogP contribution is 2.32. The molecule has 40 heavy (non-hydrogen) atoms. The van der Waals surface area contributed by atoms with E-state index in [-0.39, 0.29) is 5.75 Å². The van der Waals surface area contributed by atoms with E-state index in [9.17, 15) is 9.50 Å². The Balaban J connectivity index is 1.23. The van der Waals surface area contributed by atoms with Crippen molar-refractivity contribution in [2.24, 2.45) is 0 Å². The van der Waals surface area contributed by atoms with Gasteiger partial charge in [0.05, 0.1) is 28.6 Å². The highest BCUT2D eigenvalue weighted by Gasteiger charge is 2.18. The van der Waals surface area contributed by atoms with Gasteiger partial charge in [-0.1, -0.05) is 0 Å². The number of fused-ring (bicyclic) bond motifs is 2. The first-order valence-corrected chi connectivity index (χ1v) is 13.1. The van der Waals surface area contributed by atoms with Crippen LogP contribution in [0, 0.1) is 5.82 Å². The van der Waals surface area contributed by atoms with Crippen LogP contribution in [0.4, 0.5) is 4.39 Å². The van der Waals surface area contributed by atoms with Crippen LogP contribution < -0.4 is 4.74 Å². The number of hydrogen-bond donors (Lipinski definition) is 3. The average Bonchev–Trinajstić information content (AvgIpc) is 3.72. The number of aromatic nitrogens is 7. The molecule has 7 rings (SSSR count). The molecule has 1 aromatic carbocycles. The molecule has 1 aliphatic heterocycles. The average molecular weight is 537 g/mol. The number of hydrogen-bond acceptors (Lipinski definition) is 8. The number of aromatic hydroxyl groups is 1. The summed E-state index contributed by atoms with van der Waals surface area (Å²) >= 11 is 0. The third kappa shape index (κ3) is 4.60. The van der Waals surface area contributed by atoms with Gasteiger partial charge in [0.1, 0.15) is 35.0 Å². The van der Waals surface area contributed by atoms with Crippen LogP contribution in [0.2, 0.25) is 0 Å². The molecule has 0 saturated carbocycles. The quantitative estimate of drug-likeness (QED) is 0.262. The van der Waals surface area contributed by atoms with Crippen LogP contribution >= 0.6 is 0 Å². The Kier molecular flexibility index (Phi) is 6.05. The number of rotatable bonds is 7. The number of pyridine rings is 3. The van der Waals surface area contributed by atoms with Gasteiger partial charge in [-0.15, -0.1) is 0 Å². The fourth-order valence-corrected chi connectivity index (χ4v) is 5.13. The first-order valence-electron chi connectivity index (χ1n) is 13.1. The second-order valence-electron chi connectivity index (χ2n) is 9.81. The van der Waals surface area contributed by atoms with Gasteiger partial charge in [-0.25, -0.2) is 14.4 Å². The van der Waals surface area contributed by atoms with E-state index in [1.54, 1.807) is 24.5 Å². The zero-order valence-electron chi connectivity index (χ0n) is 21.4. The third-order valence-corrected chi connectivity index (χ3v) is 7.07. The predicted octanol–water partition coefficient (Wildman–Crippen LogP) is 4.94. The normalized spacial score (nSPS) is 13.9. The third-order valence-electron chi connectivity index (χ3n) is 7.07. The van der Waals surface area contributed by atoms with Crippen LogP contribution in [0.15, 0.2) is 61.1 Å². The molecular formula is C29H25FN8O2. The highest BCUT2D eigenvalue weighted by atomic mass is 19.1. The molecule has 3 N–H and O–H groups in total. The van der Waals surface area contributed by atoms with Crippen LogP contribution in [0.1, 0.15) is 12.8 Å². The molecule has 0 spiro atoms. The Morgan fingerprint density at radius 1 is 0.925 bits per heavy atom. The van der Waals surface area contributed by atoms with Crippen LogP contribution in [0.3, 0.4) is 0 Å². The molecule has 6 heterocycles. The van der Waals surface area contributed by atoms with Gasteiger partial charge in [0.25, 0.3) is 0 Å². The molecule has 0 unspecified atom stereocenters. The molecular weight excluding hydrogens is 511 g/mol. The molecule has 0 atom stereocenters. The van der Waals surface area contributed by atoms with Crippen LogP contribution in [-0.2, 0) is 0 Å². The van der Waals surface area contributed by atoms with Crippen molar-refractivity contribution >= 4 is 22.1 Å². The Morgan fingerprint density at radius 2 is 1.80 bits per heavy atom. The summed E-state index contributed by atoms with van der Waals surface area (Å²) in [5, 5.41) is 17.3. The number of halogens is 1. The van der Waals surface area contributed by atoms with Gasteiger partial charge in [-0.3, -0.25) is 20.0 Å². The van der Waals surface area contributed by atoms with Gasteiger partial charge in [0.15, 0.2) is 11.5 Å². The Labute approximate surface area is 227 Å². The number of benzene rings is 1. The number of ether oxygens (including phenoxy) is 1. The molecule has 1 fully saturated rings. The second-order valence-corrected chi connectivity index (χ2v) is 9.81. The van der Waals surface area contributed by atoms with Crippen molar-refractivity contribution in [2.45, 2.75) is 12.8 Å². The van der Waals surface area contributed by atoms with Crippen molar-refractivity contribution in [2.75, 3.05) is 26.2 Å². The molecule has 0 amide bonds. The molecule has 0 bridgehead atoms. The fraction of sp³-hybridized carbons (Fsp3) is 0.207. The molecule has 10 nitrogen and oxygen atoms in total. The van der Waals surface area contributed by atoms with E-state index in [1.807, 2.05) is 18.2 Å². The highest BCUT2D eigenvalue weighted by molar-refractivity contribution is 5.95. The van der Waals surface area contributed by atoms with Crippen LogP contribution in [0.25, 0.3) is 56.1 Å². The molecule has 0 aliphatic carbocycles. The van der Waals surface area contributed by atoms with Crippen LogP contribution in [0.5, 0.6) is 11.5 Å². The molecule has 0 radical (unpaired) electrons. The van der Waals surface area contributed by atoms with Crippen molar-refractivity contribution in [1.29, 1.82) is 0 Å². The van der Waals surface area contributed by atoms with Gasteiger partial charge in [-0.2, -0.15) is 5.10 Å². The second kappa shape index (κ2) is 10.0. The lowest BCUT2D eigenvalue weighted by atomic mass is 10.1. The summed E-state index contributed by atoms with van der Waals surface area (Å²) in [5.41, 5.74) is 5.58. The SMILES string of the molecule is Oc1cncc(-c2ccc3[nH]nc(-c4nc5c(-c6cc(F)cc(OCCN7CCCC7)c6)nccc5[nH]4)c3n2)c1. The largest absolute Gasteiger partial charge is 0.506 e. The van der Waals surface area contributed by atoms with E-state index in [4.69, 9.17) is 14.7 Å². The van der Waals surface area contributed by atoms with E-state index in [0.717, 1.165) is 30.7 Å². The van der Waals surface area contributed by atoms with E-state index in [0.29, 0.717) is 57.4 Å². The Hall–Kier alpha value is -4.90. The molecule has 6 aromatic rings. The maximum atomic E-state index is 14.7. The molecule has 200 valence electrons. The Bertz CT molecular complexity index is 1840. The minimum absolute atomic E-state index is 0.0571. The summed E-state index contributed by atoms with van der Waals surface area (Å²) < 4.78 is 20.6. The number of nitrogens with one attached hydrogen (secondary N) is 2. The first kappa shape index (κ1) is 24.2. The van der Waals surface area contributed by atoms with E-state index in [1.165, 1.54) is 31.2 Å². The van der Waals surface area contributed by atoms with Gasteiger partial charge in [0, 0.05) is 36.1 Å². The Morgan fingerprint density at radius 3 is 2.67 bits per heavy atom. The maximum Gasteiger partial charge on any atom is 0.161 e. The summed E-state index contributed by atoms with van der Waals surface area (Å²) in [6.45, 7) is 3.48. The lowest BCUT2D eigenvalue weighted by Crippen LogP contribution is -2.25. The van der Waals surface area contributed by atoms with E-state index >= 15 is 0 Å². The van der Waals surface area contributed by atoms with Crippen molar-refractivity contribution in [3.63, 3.8) is 0 Å². The number of aromatic amines is 2. The molecule has 5 aromatic heterocycles. The summed E-state index contributed by atoms with van der Waals surface area (Å²) in [4.78, 5) is 23.8. The monoisotopic (exact) mass is 536 g/mol. The van der Waals surface area contributed by atoms with Crippen molar-refractivity contribution in [1.82, 2.24) is 40.0 Å². The summed E-state index contributed by atoms with van der Waals surface area (Å²) in [6, 6.07) is 11.7. The minimum Gasteiger partial charge on any atom is -0.506 e. The van der Waals surface area contributed by atoms with Gasteiger partial charge in [0.2, 0.25) is 0 Å². The van der Waals surface area contributed by atoms with E-state index in [2.05, 4.69) is 30.0 Å². The summed E-state index contributed by atoms with van der Waals surface area (Å²) in [5.74, 6) is 0.606. The number of imidazole rings is 1. The minimum atomic E-state index is -0.403. The van der Waals surface area contributed by atoms with Gasteiger partial charge < -0.3 is 14.8 Å². The smallest absolute Gasteiger partial charge is 0.161 e. The number of likely N-dealkylation sites (tertiary alicyclic amines) is 1. The number of nitrogens with zero attached hydrogens (tertiary/aromatic N) is 6. The molecule has 1 saturated heterocycles. The standard InChI is InChI=1S/C29H25FN8O2/c30-19-11-17(13-21(14-19)40-10-9-38-7-1-2-8-38)25-26-23(5-6-32-25)34-29(35-26)28-27-24(36-37-28)4-3-22(33-27)18-12-20(39)16-31-15-18/h3-6,11-16,39H,1-2,7-10H2,(H,34,35)(H,36,37). The van der Waals surface area contributed by atoms with Crippen LogP contribution in [-0.4, -0.2) is 71.4 Å². The predicted molar refractivity (Wildman–Crippen MR) is 148 cm³/mol.